The Morgan fingerprint density at radius 1 is 1.47 bits per heavy atom. The molecular weight excluding hydrogens is 218 g/mol. The first-order valence-corrected chi connectivity index (χ1v) is 6.34. The summed E-state index contributed by atoms with van der Waals surface area (Å²) in [5.74, 6) is 1.66. The van der Waals surface area contributed by atoms with E-state index in [9.17, 15) is 4.79 Å². The van der Waals surface area contributed by atoms with Crippen LogP contribution >= 0.6 is 0 Å². The first kappa shape index (κ1) is 12.1. The Kier molecular flexibility index (Phi) is 3.82. The lowest BCUT2D eigenvalue weighted by atomic mass is 9.82. The predicted octanol–water partition coefficient (Wildman–Crippen LogP) is 3.15. The van der Waals surface area contributed by atoms with Crippen LogP contribution in [0.4, 0.5) is 0 Å². The van der Waals surface area contributed by atoms with Crippen LogP contribution in [-0.2, 0) is 4.74 Å². The normalized spacial score (nSPS) is 24.6. The Morgan fingerprint density at radius 2 is 2.18 bits per heavy atom. The Bertz CT molecular complexity index is 378. The predicted molar refractivity (Wildman–Crippen MR) is 62.8 cm³/mol. The van der Waals surface area contributed by atoms with Gasteiger partial charge in [-0.15, -0.1) is 0 Å². The molecule has 2 rings (SSSR count). The molecule has 0 aromatic carbocycles. The van der Waals surface area contributed by atoms with Gasteiger partial charge in [-0.05, 0) is 25.7 Å². The lowest BCUT2D eigenvalue weighted by Crippen LogP contribution is -2.10. The zero-order valence-electron chi connectivity index (χ0n) is 10.4. The number of hydrogen-bond acceptors (Lipinski definition) is 4. The summed E-state index contributed by atoms with van der Waals surface area (Å²) in [6.07, 6.45) is 4.69. The number of carbonyl (C=O) groups excluding carboxylic acids is 1. The zero-order chi connectivity index (χ0) is 12.3. The Balaban J connectivity index is 2.00. The average molecular weight is 237 g/mol. The maximum atomic E-state index is 11.4. The van der Waals surface area contributed by atoms with Crippen LogP contribution < -0.4 is 0 Å². The highest BCUT2D eigenvalue weighted by Gasteiger charge is 2.24. The summed E-state index contributed by atoms with van der Waals surface area (Å²) in [7, 11) is 0. The highest BCUT2D eigenvalue weighted by molar-refractivity contribution is 5.87. The van der Waals surface area contributed by atoms with Crippen molar-refractivity contribution < 1.29 is 14.1 Å². The molecule has 0 N–H and O–H groups in total. The molecule has 1 saturated carbocycles. The molecule has 0 spiro atoms. The minimum absolute atomic E-state index is 0.292. The van der Waals surface area contributed by atoms with Crippen LogP contribution in [0.25, 0.3) is 0 Å². The highest BCUT2D eigenvalue weighted by Crippen LogP contribution is 2.35. The van der Waals surface area contributed by atoms with Crippen molar-refractivity contribution in [3.8, 4) is 0 Å². The monoisotopic (exact) mass is 237 g/mol. The van der Waals surface area contributed by atoms with Gasteiger partial charge in [0.05, 0.1) is 6.61 Å². The molecule has 94 valence electrons. The number of rotatable bonds is 3. The summed E-state index contributed by atoms with van der Waals surface area (Å²) in [6.45, 7) is 4.42. The van der Waals surface area contributed by atoms with E-state index in [0.29, 0.717) is 18.2 Å². The van der Waals surface area contributed by atoms with Crippen LogP contribution in [0.5, 0.6) is 0 Å². The summed E-state index contributed by atoms with van der Waals surface area (Å²) in [6, 6.07) is 1.73. The van der Waals surface area contributed by atoms with E-state index in [1.165, 1.54) is 12.8 Å². The van der Waals surface area contributed by atoms with Gasteiger partial charge in [-0.3, -0.25) is 0 Å². The molecule has 0 radical (unpaired) electrons. The lowest BCUT2D eigenvalue weighted by molar-refractivity contribution is 0.0514. The van der Waals surface area contributed by atoms with E-state index >= 15 is 0 Å². The smallest absolute Gasteiger partial charge is 0.360 e. The first-order chi connectivity index (χ1) is 8.20. The van der Waals surface area contributed by atoms with Gasteiger partial charge in [0.15, 0.2) is 5.69 Å². The molecule has 4 heteroatoms. The Labute approximate surface area is 101 Å². The maximum Gasteiger partial charge on any atom is 0.360 e. The topological polar surface area (TPSA) is 52.3 Å². The fraction of sp³-hybridized carbons (Fsp3) is 0.692. The molecule has 0 atom stereocenters. The quantitative estimate of drug-likeness (QED) is 0.758. The Hall–Kier alpha value is -1.32. The van der Waals surface area contributed by atoms with Gasteiger partial charge in [-0.25, -0.2) is 4.79 Å². The summed E-state index contributed by atoms with van der Waals surface area (Å²) in [4.78, 5) is 11.4. The van der Waals surface area contributed by atoms with E-state index in [1.807, 2.05) is 0 Å². The van der Waals surface area contributed by atoms with Gasteiger partial charge in [-0.2, -0.15) is 0 Å². The average Bonchev–Trinajstić information content (AvgIpc) is 2.80. The van der Waals surface area contributed by atoms with Crippen molar-refractivity contribution in [3.05, 3.63) is 17.5 Å². The van der Waals surface area contributed by atoms with E-state index < -0.39 is 5.97 Å². The molecular formula is C13H19NO3. The lowest BCUT2D eigenvalue weighted by Gasteiger charge is -2.23. The highest BCUT2D eigenvalue weighted by atomic mass is 16.5. The van der Waals surface area contributed by atoms with Crippen LogP contribution in [0.15, 0.2) is 10.6 Å². The molecule has 17 heavy (non-hydrogen) atoms. The number of aromatic nitrogens is 1. The number of esters is 1. The van der Waals surface area contributed by atoms with Crippen LogP contribution in [0.3, 0.4) is 0 Å². The summed E-state index contributed by atoms with van der Waals surface area (Å²) >= 11 is 0. The van der Waals surface area contributed by atoms with Crippen molar-refractivity contribution in [2.24, 2.45) is 5.92 Å². The van der Waals surface area contributed by atoms with Crippen molar-refractivity contribution >= 4 is 5.97 Å². The molecule has 0 saturated heterocycles. The van der Waals surface area contributed by atoms with Crippen LogP contribution in [0.2, 0.25) is 0 Å². The number of hydrogen-bond donors (Lipinski definition) is 0. The van der Waals surface area contributed by atoms with Gasteiger partial charge in [-0.1, -0.05) is 24.9 Å². The molecule has 1 fully saturated rings. The van der Waals surface area contributed by atoms with Crippen LogP contribution in [0, 0.1) is 5.92 Å². The molecule has 1 aromatic heterocycles. The van der Waals surface area contributed by atoms with Gasteiger partial charge < -0.3 is 9.26 Å². The zero-order valence-corrected chi connectivity index (χ0v) is 10.4. The Morgan fingerprint density at radius 3 is 2.82 bits per heavy atom. The molecule has 0 aliphatic heterocycles. The third-order valence-corrected chi connectivity index (χ3v) is 3.43. The summed E-state index contributed by atoms with van der Waals surface area (Å²) in [5, 5.41) is 3.78. The van der Waals surface area contributed by atoms with Crippen molar-refractivity contribution in [1.82, 2.24) is 5.16 Å². The second kappa shape index (κ2) is 5.34. The third kappa shape index (κ3) is 2.87. The number of carbonyl (C=O) groups is 1. The van der Waals surface area contributed by atoms with Crippen molar-refractivity contribution in [2.75, 3.05) is 6.61 Å². The fourth-order valence-electron chi connectivity index (χ4n) is 2.33. The molecule has 4 nitrogen and oxygen atoms in total. The van der Waals surface area contributed by atoms with Gasteiger partial charge in [0.1, 0.15) is 5.76 Å². The molecule has 1 heterocycles. The molecule has 1 aromatic rings. The van der Waals surface area contributed by atoms with E-state index in [-0.39, 0.29) is 0 Å². The molecule has 0 unspecified atom stereocenters. The fourth-order valence-corrected chi connectivity index (χ4v) is 2.33. The second-order valence-corrected chi connectivity index (χ2v) is 4.79. The second-order valence-electron chi connectivity index (χ2n) is 4.79. The van der Waals surface area contributed by atoms with Gasteiger partial charge >= 0.3 is 5.97 Å². The maximum absolute atomic E-state index is 11.4. The van der Waals surface area contributed by atoms with Crippen LogP contribution in [-0.4, -0.2) is 17.7 Å². The summed E-state index contributed by atoms with van der Waals surface area (Å²) < 4.78 is 10.1. The standard InChI is InChI=1S/C13H19NO3/c1-3-16-13(15)11-8-12(17-14-11)10-6-4-9(2)5-7-10/h8-10H,3-7H2,1-2H3/t9-,10-. The van der Waals surface area contributed by atoms with Crippen LogP contribution in [0.1, 0.15) is 61.7 Å². The van der Waals surface area contributed by atoms with Gasteiger partial charge in [0, 0.05) is 12.0 Å². The minimum atomic E-state index is -0.397. The largest absolute Gasteiger partial charge is 0.461 e. The number of ether oxygens (including phenoxy) is 1. The van der Waals surface area contributed by atoms with Gasteiger partial charge in [0.2, 0.25) is 0 Å². The van der Waals surface area contributed by atoms with E-state index in [1.54, 1.807) is 13.0 Å². The van der Waals surface area contributed by atoms with Gasteiger partial charge in [0.25, 0.3) is 0 Å². The first-order valence-electron chi connectivity index (χ1n) is 6.34. The SMILES string of the molecule is CCOC(=O)c1cc([C@H]2CC[C@H](C)CC2)on1. The van der Waals surface area contributed by atoms with Crippen molar-refractivity contribution in [3.63, 3.8) is 0 Å². The summed E-state index contributed by atoms with van der Waals surface area (Å²) in [5.41, 5.74) is 0.292. The molecule has 0 bridgehead atoms. The third-order valence-electron chi connectivity index (χ3n) is 3.43. The molecule has 1 aliphatic carbocycles. The molecule has 0 amide bonds. The van der Waals surface area contributed by atoms with E-state index in [0.717, 1.165) is 24.5 Å². The minimum Gasteiger partial charge on any atom is -0.461 e. The van der Waals surface area contributed by atoms with E-state index in [2.05, 4.69) is 12.1 Å². The van der Waals surface area contributed by atoms with Crippen molar-refractivity contribution in [1.29, 1.82) is 0 Å². The van der Waals surface area contributed by atoms with Crippen molar-refractivity contribution in [2.45, 2.75) is 45.4 Å². The molecule has 1 aliphatic rings. The number of nitrogens with zero attached hydrogens (tertiary/aromatic N) is 1. The van der Waals surface area contributed by atoms with E-state index in [4.69, 9.17) is 9.26 Å².